The number of benzene rings is 3. The van der Waals surface area contributed by atoms with Crippen LogP contribution in [-0.2, 0) is 10.2 Å². The first kappa shape index (κ1) is 24.1. The number of rotatable bonds is 9. The Morgan fingerprint density at radius 3 is 1.73 bits per heavy atom. The molecule has 3 aromatic carbocycles. The standard InChI is InChI=1S/C27H29FO5/c1-19(32-24-9-5-20(6-10-24)27(2,3)4)26(29)33-25-15-13-23(14-16-25)31-18-17-30-22-11-7-21(28)8-12-22/h5-16,19H,17-18H2,1-4H3. The number of halogens is 1. The Morgan fingerprint density at radius 2 is 1.21 bits per heavy atom. The third-order valence-corrected chi connectivity index (χ3v) is 4.84. The van der Waals surface area contributed by atoms with Crippen molar-refractivity contribution in [3.8, 4) is 23.0 Å². The number of ether oxygens (including phenoxy) is 4. The minimum absolute atomic E-state index is 0.0502. The van der Waals surface area contributed by atoms with Crippen molar-refractivity contribution in [1.29, 1.82) is 0 Å². The monoisotopic (exact) mass is 452 g/mol. The van der Waals surface area contributed by atoms with Crippen LogP contribution >= 0.6 is 0 Å². The number of esters is 1. The highest BCUT2D eigenvalue weighted by Gasteiger charge is 2.18. The van der Waals surface area contributed by atoms with E-state index in [9.17, 15) is 9.18 Å². The lowest BCUT2D eigenvalue weighted by Crippen LogP contribution is -2.28. The highest BCUT2D eigenvalue weighted by atomic mass is 19.1. The van der Waals surface area contributed by atoms with Gasteiger partial charge in [0.25, 0.3) is 0 Å². The van der Waals surface area contributed by atoms with E-state index < -0.39 is 12.1 Å². The maximum Gasteiger partial charge on any atom is 0.352 e. The highest BCUT2D eigenvalue weighted by molar-refractivity contribution is 5.77. The summed E-state index contributed by atoms with van der Waals surface area (Å²) in [5, 5.41) is 0. The Bertz CT molecular complexity index is 1020. The zero-order chi connectivity index (χ0) is 23.8. The van der Waals surface area contributed by atoms with E-state index in [0.717, 1.165) is 0 Å². The van der Waals surface area contributed by atoms with E-state index in [1.54, 1.807) is 43.3 Å². The maximum atomic E-state index is 12.9. The van der Waals surface area contributed by atoms with Crippen molar-refractivity contribution in [2.24, 2.45) is 0 Å². The Hall–Kier alpha value is -3.54. The molecule has 0 aliphatic rings. The molecular formula is C27H29FO5. The lowest BCUT2D eigenvalue weighted by molar-refractivity contribution is -0.141. The first-order valence-electron chi connectivity index (χ1n) is 10.8. The summed E-state index contributed by atoms with van der Waals surface area (Å²) in [6.07, 6.45) is -0.759. The summed E-state index contributed by atoms with van der Waals surface area (Å²) in [5.74, 6) is 1.39. The van der Waals surface area contributed by atoms with Gasteiger partial charge in [-0.05, 0) is 78.6 Å². The predicted molar refractivity (Wildman–Crippen MR) is 125 cm³/mol. The molecule has 3 rings (SSSR count). The van der Waals surface area contributed by atoms with E-state index >= 15 is 0 Å². The fourth-order valence-corrected chi connectivity index (χ4v) is 2.94. The molecule has 1 atom stereocenters. The summed E-state index contributed by atoms with van der Waals surface area (Å²) >= 11 is 0. The van der Waals surface area contributed by atoms with Crippen LogP contribution in [0.25, 0.3) is 0 Å². The molecule has 0 N–H and O–H groups in total. The third-order valence-electron chi connectivity index (χ3n) is 4.84. The SMILES string of the molecule is CC(Oc1ccc(C(C)(C)C)cc1)C(=O)Oc1ccc(OCCOc2ccc(F)cc2)cc1. The summed E-state index contributed by atoms with van der Waals surface area (Å²) in [7, 11) is 0. The van der Waals surface area contributed by atoms with Gasteiger partial charge in [0.15, 0.2) is 6.10 Å². The number of carbonyl (C=O) groups excluding carboxylic acids is 1. The Morgan fingerprint density at radius 1 is 0.758 bits per heavy atom. The second-order valence-electron chi connectivity index (χ2n) is 8.58. The van der Waals surface area contributed by atoms with Crippen LogP contribution in [-0.4, -0.2) is 25.3 Å². The van der Waals surface area contributed by atoms with Crippen LogP contribution in [0, 0.1) is 5.82 Å². The van der Waals surface area contributed by atoms with Crippen molar-refractivity contribution >= 4 is 5.97 Å². The molecule has 0 saturated heterocycles. The van der Waals surface area contributed by atoms with Crippen molar-refractivity contribution in [3.63, 3.8) is 0 Å². The van der Waals surface area contributed by atoms with Crippen LogP contribution in [0.5, 0.6) is 23.0 Å². The number of carbonyl (C=O) groups is 1. The molecule has 0 saturated carbocycles. The van der Waals surface area contributed by atoms with E-state index in [4.69, 9.17) is 18.9 Å². The molecule has 0 radical (unpaired) electrons. The molecule has 0 bridgehead atoms. The quantitative estimate of drug-likeness (QED) is 0.228. The molecule has 0 aliphatic heterocycles. The zero-order valence-electron chi connectivity index (χ0n) is 19.3. The van der Waals surface area contributed by atoms with E-state index in [0.29, 0.717) is 36.2 Å². The summed E-state index contributed by atoms with van der Waals surface area (Å²) in [6, 6.07) is 20.2. The molecule has 1 unspecified atom stereocenters. The van der Waals surface area contributed by atoms with Crippen LogP contribution in [0.3, 0.4) is 0 Å². The normalized spacial score (nSPS) is 12.0. The molecule has 174 valence electrons. The van der Waals surface area contributed by atoms with Gasteiger partial charge in [0.2, 0.25) is 0 Å². The summed E-state index contributed by atoms with van der Waals surface area (Å²) in [6.45, 7) is 8.70. The summed E-state index contributed by atoms with van der Waals surface area (Å²) < 4.78 is 35.1. The Kier molecular flexibility index (Phi) is 7.93. The van der Waals surface area contributed by atoms with E-state index in [1.807, 2.05) is 24.3 Å². The average Bonchev–Trinajstić information content (AvgIpc) is 2.78. The second kappa shape index (κ2) is 10.9. The Labute approximate surface area is 194 Å². The molecule has 0 spiro atoms. The lowest BCUT2D eigenvalue weighted by Gasteiger charge is -2.20. The predicted octanol–water partition coefficient (Wildman–Crippen LogP) is 5.95. The van der Waals surface area contributed by atoms with E-state index in [-0.39, 0.29) is 11.2 Å². The molecule has 0 aromatic heterocycles. The van der Waals surface area contributed by atoms with E-state index in [1.165, 1.54) is 17.7 Å². The van der Waals surface area contributed by atoms with Crippen molar-refractivity contribution < 1.29 is 28.1 Å². The first-order valence-corrected chi connectivity index (χ1v) is 10.8. The fraction of sp³-hybridized carbons (Fsp3) is 0.296. The fourth-order valence-electron chi connectivity index (χ4n) is 2.94. The maximum absolute atomic E-state index is 12.9. The molecule has 3 aromatic rings. The average molecular weight is 453 g/mol. The lowest BCUT2D eigenvalue weighted by atomic mass is 9.87. The van der Waals surface area contributed by atoms with Gasteiger partial charge in [0, 0.05) is 0 Å². The van der Waals surface area contributed by atoms with Crippen molar-refractivity contribution in [2.75, 3.05) is 13.2 Å². The molecular weight excluding hydrogens is 423 g/mol. The van der Waals surface area contributed by atoms with Crippen molar-refractivity contribution in [3.05, 3.63) is 84.2 Å². The van der Waals surface area contributed by atoms with Gasteiger partial charge >= 0.3 is 5.97 Å². The summed E-state index contributed by atoms with van der Waals surface area (Å²) in [5.41, 5.74) is 1.24. The number of hydrogen-bond acceptors (Lipinski definition) is 5. The minimum Gasteiger partial charge on any atom is -0.490 e. The van der Waals surface area contributed by atoms with Gasteiger partial charge in [-0.25, -0.2) is 9.18 Å². The van der Waals surface area contributed by atoms with Gasteiger partial charge in [0.1, 0.15) is 42.0 Å². The highest BCUT2D eigenvalue weighted by Crippen LogP contribution is 2.25. The second-order valence-corrected chi connectivity index (χ2v) is 8.58. The topological polar surface area (TPSA) is 54.0 Å². The van der Waals surface area contributed by atoms with Crippen LogP contribution in [0.4, 0.5) is 4.39 Å². The van der Waals surface area contributed by atoms with Crippen LogP contribution < -0.4 is 18.9 Å². The molecule has 0 amide bonds. The summed E-state index contributed by atoms with van der Waals surface area (Å²) in [4.78, 5) is 12.4. The molecule has 6 heteroatoms. The van der Waals surface area contributed by atoms with E-state index in [2.05, 4.69) is 20.8 Å². The minimum atomic E-state index is -0.759. The van der Waals surface area contributed by atoms with Crippen LogP contribution in [0.1, 0.15) is 33.3 Å². The number of hydrogen-bond donors (Lipinski definition) is 0. The van der Waals surface area contributed by atoms with Gasteiger partial charge in [-0.3, -0.25) is 0 Å². The molecule has 5 nitrogen and oxygen atoms in total. The van der Waals surface area contributed by atoms with Gasteiger partial charge in [0.05, 0.1) is 0 Å². The van der Waals surface area contributed by atoms with Crippen LogP contribution in [0.15, 0.2) is 72.8 Å². The van der Waals surface area contributed by atoms with Gasteiger partial charge in [-0.15, -0.1) is 0 Å². The molecule has 0 heterocycles. The smallest absolute Gasteiger partial charge is 0.352 e. The van der Waals surface area contributed by atoms with Gasteiger partial charge < -0.3 is 18.9 Å². The van der Waals surface area contributed by atoms with Crippen molar-refractivity contribution in [2.45, 2.75) is 39.2 Å². The first-order chi connectivity index (χ1) is 15.7. The molecule has 0 fully saturated rings. The molecule has 0 aliphatic carbocycles. The van der Waals surface area contributed by atoms with Gasteiger partial charge in [-0.1, -0.05) is 32.9 Å². The third kappa shape index (κ3) is 7.52. The van der Waals surface area contributed by atoms with Crippen molar-refractivity contribution in [1.82, 2.24) is 0 Å². The molecule has 33 heavy (non-hydrogen) atoms. The Balaban J connectivity index is 1.42. The van der Waals surface area contributed by atoms with Gasteiger partial charge in [-0.2, -0.15) is 0 Å². The zero-order valence-corrected chi connectivity index (χ0v) is 19.3. The van der Waals surface area contributed by atoms with Crippen LogP contribution in [0.2, 0.25) is 0 Å². The largest absolute Gasteiger partial charge is 0.490 e.